The number of fused-ring (bicyclic) bond motifs is 5. The Balaban J connectivity index is 1.43. The van der Waals surface area contributed by atoms with E-state index in [1.165, 1.54) is 12.1 Å². The highest BCUT2D eigenvalue weighted by molar-refractivity contribution is 5.77. The van der Waals surface area contributed by atoms with Crippen LogP contribution in [0.5, 0.6) is 0 Å². The van der Waals surface area contributed by atoms with Gasteiger partial charge in [-0.05, 0) is 79.7 Å². The fraction of sp³-hybridized carbons (Fsp3) is 0.741. The van der Waals surface area contributed by atoms with Gasteiger partial charge in [-0.1, -0.05) is 32.0 Å². The number of carbonyl (C=O) groups excluding carboxylic acids is 1. The summed E-state index contributed by atoms with van der Waals surface area (Å²) in [5.74, 6) is 1.26. The van der Waals surface area contributed by atoms with E-state index in [0.29, 0.717) is 31.1 Å². The number of amides is 1. The molecule has 7 atom stereocenters. The maximum Gasteiger partial charge on any atom is 0.416 e. The molecule has 4 aliphatic rings. The molecular weight excluding hydrogens is 430 g/mol. The van der Waals surface area contributed by atoms with Crippen molar-refractivity contribution >= 4 is 5.91 Å². The van der Waals surface area contributed by atoms with Gasteiger partial charge in [-0.3, -0.25) is 4.79 Å². The minimum atomic E-state index is -4.47. The van der Waals surface area contributed by atoms with E-state index in [2.05, 4.69) is 6.92 Å². The molecule has 4 fully saturated rings. The summed E-state index contributed by atoms with van der Waals surface area (Å²) in [6.07, 6.45) is 1.47. The molecule has 2 nitrogen and oxygen atoms in total. The van der Waals surface area contributed by atoms with E-state index < -0.39 is 22.8 Å². The van der Waals surface area contributed by atoms with E-state index in [1.54, 1.807) is 6.07 Å². The van der Waals surface area contributed by atoms with Gasteiger partial charge in [0.05, 0.1) is 5.56 Å². The van der Waals surface area contributed by atoms with Crippen LogP contribution in [0.2, 0.25) is 0 Å². The second-order valence-electron chi connectivity index (χ2n) is 11.8. The molecule has 0 aromatic heterocycles. The van der Waals surface area contributed by atoms with E-state index in [4.69, 9.17) is 0 Å². The van der Waals surface area contributed by atoms with Crippen LogP contribution in [0.4, 0.5) is 17.6 Å². The fourth-order valence-corrected chi connectivity index (χ4v) is 8.77. The third-order valence-electron chi connectivity index (χ3n) is 10.6. The van der Waals surface area contributed by atoms with Crippen LogP contribution < -0.4 is 0 Å². The number of likely N-dealkylation sites (tertiary alicyclic amines) is 1. The van der Waals surface area contributed by atoms with Crippen LogP contribution in [-0.2, 0) is 17.4 Å². The lowest BCUT2D eigenvalue weighted by molar-refractivity contribution is -0.162. The number of piperidine rings is 1. The van der Waals surface area contributed by atoms with Gasteiger partial charge < -0.3 is 4.90 Å². The molecule has 3 aliphatic carbocycles. The maximum atomic E-state index is 16.8. The molecule has 0 N–H and O–H groups in total. The molecule has 5 rings (SSSR count). The Bertz CT molecular complexity index is 946. The van der Waals surface area contributed by atoms with Crippen molar-refractivity contribution in [1.29, 1.82) is 0 Å². The number of nitrogens with zero attached hydrogens (tertiary/aromatic N) is 1. The van der Waals surface area contributed by atoms with Gasteiger partial charge in [-0.15, -0.1) is 0 Å². The Morgan fingerprint density at radius 1 is 1.00 bits per heavy atom. The monoisotopic (exact) mass is 465 g/mol. The third kappa shape index (κ3) is 3.29. The van der Waals surface area contributed by atoms with Gasteiger partial charge in [-0.25, -0.2) is 4.39 Å². The van der Waals surface area contributed by atoms with Gasteiger partial charge in [0, 0.05) is 31.3 Å². The molecule has 0 bridgehead atoms. The van der Waals surface area contributed by atoms with Gasteiger partial charge in [0.15, 0.2) is 0 Å². The SMILES string of the molecule is CN1C(=O)CC[C@@]2(C)C1CC[C@@H]1[C@H]2CC[C@@]2(C)[C@H]1CCC2(F)Cc1ccccc1C(F)(F)F. The lowest BCUT2D eigenvalue weighted by atomic mass is 9.46. The Morgan fingerprint density at radius 2 is 1.70 bits per heavy atom. The third-order valence-corrected chi connectivity index (χ3v) is 10.6. The van der Waals surface area contributed by atoms with Crippen LogP contribution in [0.25, 0.3) is 0 Å². The molecule has 1 aliphatic heterocycles. The lowest BCUT2D eigenvalue weighted by Gasteiger charge is -2.62. The van der Waals surface area contributed by atoms with Crippen LogP contribution in [0.1, 0.15) is 76.3 Å². The van der Waals surface area contributed by atoms with Gasteiger partial charge in [-0.2, -0.15) is 13.2 Å². The van der Waals surface area contributed by atoms with Crippen molar-refractivity contribution in [2.24, 2.45) is 28.6 Å². The fourth-order valence-electron chi connectivity index (χ4n) is 8.77. The van der Waals surface area contributed by atoms with Crippen LogP contribution in [0, 0.1) is 28.6 Å². The summed E-state index contributed by atoms with van der Waals surface area (Å²) in [6, 6.07) is 5.75. The molecule has 1 amide bonds. The number of rotatable bonds is 2. The molecular formula is C27H35F4NO. The Hall–Kier alpha value is -1.59. The number of benzene rings is 1. The predicted octanol–water partition coefficient (Wildman–Crippen LogP) is 6.82. The van der Waals surface area contributed by atoms with Crippen molar-refractivity contribution in [2.75, 3.05) is 7.05 Å². The summed E-state index contributed by atoms with van der Waals surface area (Å²) >= 11 is 0. The quantitative estimate of drug-likeness (QED) is 0.439. The summed E-state index contributed by atoms with van der Waals surface area (Å²) < 4.78 is 57.6. The van der Waals surface area contributed by atoms with Crippen LogP contribution >= 0.6 is 0 Å². The van der Waals surface area contributed by atoms with Crippen molar-refractivity contribution < 1.29 is 22.4 Å². The summed E-state index contributed by atoms with van der Waals surface area (Å²) in [5.41, 5.74) is -2.80. The molecule has 0 radical (unpaired) electrons. The highest BCUT2D eigenvalue weighted by Gasteiger charge is 2.66. The first-order chi connectivity index (χ1) is 15.4. The second-order valence-corrected chi connectivity index (χ2v) is 11.8. The van der Waals surface area contributed by atoms with Crippen molar-refractivity contribution in [3.05, 3.63) is 35.4 Å². The van der Waals surface area contributed by atoms with E-state index in [-0.39, 0.29) is 35.3 Å². The van der Waals surface area contributed by atoms with Gasteiger partial charge in [0.25, 0.3) is 0 Å². The largest absolute Gasteiger partial charge is 0.416 e. The Kier molecular flexibility index (Phi) is 5.23. The highest BCUT2D eigenvalue weighted by Crippen LogP contribution is 2.68. The first-order valence-electron chi connectivity index (χ1n) is 12.5. The number of carbonyl (C=O) groups is 1. The van der Waals surface area contributed by atoms with Gasteiger partial charge in [0.2, 0.25) is 5.91 Å². The summed E-state index contributed by atoms with van der Waals surface area (Å²) in [4.78, 5) is 14.3. The van der Waals surface area contributed by atoms with Crippen LogP contribution in [-0.4, -0.2) is 29.6 Å². The first kappa shape index (κ1) is 23.2. The van der Waals surface area contributed by atoms with Crippen molar-refractivity contribution in [2.45, 2.75) is 89.5 Å². The normalized spacial score (nSPS) is 43.1. The number of halogens is 4. The molecule has 182 valence electrons. The van der Waals surface area contributed by atoms with Crippen LogP contribution in [0.15, 0.2) is 24.3 Å². The number of hydrogen-bond donors (Lipinski definition) is 0. The number of hydrogen-bond acceptors (Lipinski definition) is 1. The summed E-state index contributed by atoms with van der Waals surface area (Å²) in [5, 5.41) is 0. The van der Waals surface area contributed by atoms with Crippen molar-refractivity contribution in [3.63, 3.8) is 0 Å². The second kappa shape index (κ2) is 7.45. The van der Waals surface area contributed by atoms with E-state index in [1.807, 2.05) is 18.9 Å². The smallest absolute Gasteiger partial charge is 0.342 e. The Morgan fingerprint density at radius 3 is 2.42 bits per heavy atom. The molecule has 1 heterocycles. The molecule has 6 heteroatoms. The molecule has 3 saturated carbocycles. The standard InChI is InChI=1S/C27H35F4NO/c1-24-13-12-23(33)32(3)22(24)9-8-18-20(24)10-14-25(2)21(18)11-15-26(25,28)16-17-6-4-5-7-19(17)27(29,30)31/h4-7,18,20-22H,8-16H2,1-3H3/t18-,20-,21+,22?,24-,25+,26?/m1/s1. The lowest BCUT2D eigenvalue weighted by Crippen LogP contribution is -2.62. The first-order valence-corrected chi connectivity index (χ1v) is 12.5. The van der Waals surface area contributed by atoms with E-state index in [0.717, 1.165) is 38.2 Å². The zero-order valence-electron chi connectivity index (χ0n) is 19.9. The van der Waals surface area contributed by atoms with E-state index >= 15 is 4.39 Å². The molecule has 1 saturated heterocycles. The Labute approximate surface area is 194 Å². The molecule has 2 unspecified atom stereocenters. The zero-order chi connectivity index (χ0) is 23.8. The van der Waals surface area contributed by atoms with Crippen molar-refractivity contribution in [1.82, 2.24) is 4.90 Å². The molecule has 1 aromatic carbocycles. The minimum absolute atomic E-state index is 0.0529. The van der Waals surface area contributed by atoms with Crippen molar-refractivity contribution in [3.8, 4) is 0 Å². The zero-order valence-corrected chi connectivity index (χ0v) is 19.9. The predicted molar refractivity (Wildman–Crippen MR) is 119 cm³/mol. The highest BCUT2D eigenvalue weighted by atomic mass is 19.4. The summed E-state index contributed by atoms with van der Waals surface area (Å²) in [6.45, 7) is 4.35. The molecule has 33 heavy (non-hydrogen) atoms. The van der Waals surface area contributed by atoms with Gasteiger partial charge >= 0.3 is 6.18 Å². The molecule has 0 spiro atoms. The van der Waals surface area contributed by atoms with Gasteiger partial charge in [0.1, 0.15) is 5.67 Å². The topological polar surface area (TPSA) is 20.3 Å². The average Bonchev–Trinajstić information content (AvgIpc) is 3.01. The minimum Gasteiger partial charge on any atom is -0.342 e. The maximum absolute atomic E-state index is 16.8. The van der Waals surface area contributed by atoms with E-state index in [9.17, 15) is 18.0 Å². The van der Waals surface area contributed by atoms with Crippen LogP contribution in [0.3, 0.4) is 0 Å². The average molecular weight is 466 g/mol. The summed E-state index contributed by atoms with van der Waals surface area (Å²) in [7, 11) is 1.93. The number of alkyl halides is 4. The molecule has 1 aromatic rings.